The van der Waals surface area contributed by atoms with Crippen LogP contribution in [0.5, 0.6) is 0 Å². The van der Waals surface area contributed by atoms with Gasteiger partial charge in [0.1, 0.15) is 22.7 Å². The minimum atomic E-state index is 0.139. The third kappa shape index (κ3) is 12.7. The maximum absolute atomic E-state index is 8.81. The van der Waals surface area contributed by atoms with Crippen molar-refractivity contribution >= 4 is 68.4 Å². The minimum Gasteiger partial charge on any atom is -0.400 e. The highest BCUT2D eigenvalue weighted by atomic mass is 16.2. The maximum Gasteiger partial charge on any atom is 0.182 e. The summed E-state index contributed by atoms with van der Waals surface area (Å²) >= 11 is 0. The van der Waals surface area contributed by atoms with Crippen LogP contribution in [0.15, 0.2) is 134 Å². The number of aromatic nitrogens is 6. The van der Waals surface area contributed by atoms with E-state index < -0.39 is 0 Å². The third-order valence-electron chi connectivity index (χ3n) is 14.1. The summed E-state index contributed by atoms with van der Waals surface area (Å²) < 4.78 is 0. The molecule has 0 aliphatic carbocycles. The summed E-state index contributed by atoms with van der Waals surface area (Å²) in [6.45, 7) is 22.9. The van der Waals surface area contributed by atoms with Crippen molar-refractivity contribution in [3.05, 3.63) is 156 Å². The zero-order chi connectivity index (χ0) is 54.0. The number of nitrogen functional groups attached to an aromatic ring is 2. The van der Waals surface area contributed by atoms with E-state index in [1.165, 1.54) is 28.1 Å². The van der Waals surface area contributed by atoms with Crippen LogP contribution in [0.1, 0.15) is 63.8 Å². The number of carbonyl (C=O) groups is 2. The Balaban J connectivity index is 0.000000183. The van der Waals surface area contributed by atoms with E-state index in [0.717, 1.165) is 134 Å². The lowest BCUT2D eigenvalue weighted by molar-refractivity contribution is -0.122. The fraction of sp³-hybridized carbons (Fsp3) is 0.311. The van der Waals surface area contributed by atoms with E-state index in [1.807, 2.05) is 18.2 Å². The molecule has 394 valence electrons. The van der Waals surface area contributed by atoms with Gasteiger partial charge >= 0.3 is 0 Å². The molecule has 0 bridgehead atoms. The Morgan fingerprint density at radius 2 is 0.934 bits per heavy atom. The van der Waals surface area contributed by atoms with Crippen molar-refractivity contribution in [3.8, 4) is 22.8 Å². The Morgan fingerprint density at radius 3 is 1.39 bits per heavy atom. The number of piperazine rings is 2. The molecule has 5 heterocycles. The molecule has 2 saturated heterocycles. The lowest BCUT2D eigenvalue weighted by Crippen LogP contribution is -2.46. The van der Waals surface area contributed by atoms with E-state index in [9.17, 15) is 0 Å². The fourth-order valence-corrected chi connectivity index (χ4v) is 9.80. The summed E-state index contributed by atoms with van der Waals surface area (Å²) in [6, 6.07) is 42.5. The lowest BCUT2D eigenvalue weighted by Gasteiger charge is -2.36. The number of nitrogens with zero attached hydrogens (tertiary/aromatic N) is 8. The Labute approximate surface area is 446 Å². The van der Waals surface area contributed by atoms with Crippen molar-refractivity contribution in [2.24, 2.45) is 0 Å². The van der Waals surface area contributed by atoms with Crippen LogP contribution in [0.25, 0.3) is 55.9 Å². The first kappa shape index (κ1) is 54.3. The molecule has 6 aromatic carbocycles. The topological polar surface area (TPSA) is 203 Å². The molecule has 0 saturated carbocycles. The Hall–Kier alpha value is -7.98. The summed E-state index contributed by atoms with van der Waals surface area (Å²) in [5, 5.41) is 7.00. The van der Waals surface area contributed by atoms with Gasteiger partial charge in [-0.1, -0.05) is 126 Å². The summed E-state index contributed by atoms with van der Waals surface area (Å²) in [5.74, 6) is 1.84. The number of hydrogen-bond donors (Lipinski definition) is 5. The number of anilines is 4. The molecular weight excluding hydrogens is 949 g/mol. The van der Waals surface area contributed by atoms with E-state index in [1.54, 1.807) is 12.4 Å². The van der Waals surface area contributed by atoms with Crippen molar-refractivity contribution in [3.63, 3.8) is 0 Å². The van der Waals surface area contributed by atoms with Crippen LogP contribution in [0, 0.1) is 0 Å². The maximum atomic E-state index is 8.81. The molecule has 0 unspecified atom stereocenters. The number of hydrogen-bond acceptors (Lipinski definition) is 13. The molecule has 2 aliphatic rings. The SMILES string of the molecule is CC(C)(C)c1ccc(-c2nc3c(N4CCN(Cc5cccc(N)c5N)CC4)cccc3[nH]2)cc1.CC(C)(C)c1ccc(-c2nc3c(N4CCN(Cc5cccc6nccnc56)CC4)cccc3[nH]2)cc1.CO.O=CC=O. The molecule has 0 spiro atoms. The predicted octanol–water partition coefficient (Wildman–Crippen LogP) is 9.80. The van der Waals surface area contributed by atoms with Crippen molar-refractivity contribution in [2.45, 2.75) is 65.5 Å². The van der Waals surface area contributed by atoms with Crippen LogP contribution >= 0.6 is 0 Å². The number of fused-ring (bicyclic) bond motifs is 3. The molecule has 0 atom stereocenters. The largest absolute Gasteiger partial charge is 0.400 e. The molecule has 11 rings (SSSR count). The third-order valence-corrected chi connectivity index (χ3v) is 14.1. The van der Waals surface area contributed by atoms with Crippen LogP contribution < -0.4 is 21.3 Å². The number of aldehydes is 2. The molecule has 2 aliphatic heterocycles. The van der Waals surface area contributed by atoms with E-state index >= 15 is 0 Å². The van der Waals surface area contributed by atoms with Gasteiger partial charge in [0, 0.05) is 96.1 Å². The van der Waals surface area contributed by atoms with Gasteiger partial charge in [-0.25, -0.2) is 9.97 Å². The number of H-pyrrole nitrogens is 2. The highest BCUT2D eigenvalue weighted by Crippen LogP contribution is 2.33. The van der Waals surface area contributed by atoms with Gasteiger partial charge in [0.25, 0.3) is 0 Å². The summed E-state index contributed by atoms with van der Waals surface area (Å²) in [7, 11) is 1.00. The van der Waals surface area contributed by atoms with Crippen LogP contribution in [0.2, 0.25) is 0 Å². The van der Waals surface area contributed by atoms with Gasteiger partial charge in [-0.15, -0.1) is 0 Å². The standard InChI is InChI=1S/C30H32N6.C28H34N6.C2H2O2.CH4O/c1-30(2,3)23-12-10-21(11-13-23)29-33-25-8-5-9-26(28(25)34-29)36-18-16-35(17-19-36)20-22-6-4-7-24-27(22)32-15-14-31-24;1-28(2,3)21-12-10-19(11-13-21)27-31-23-8-5-9-24(26(23)32-27)34-16-14-33(15-17-34)18-20-6-4-7-22(29)25(20)30;3-1-2-4;1-2/h4-15H,16-20H2,1-3H3,(H,33,34);4-13H,14-18,29-30H2,1-3H3,(H,31,32);1-2H;2H,1H3. The number of imidazole rings is 2. The summed E-state index contributed by atoms with van der Waals surface area (Å²) in [6.07, 6.45) is 3.92. The van der Waals surface area contributed by atoms with Gasteiger partial charge in [0.2, 0.25) is 0 Å². The summed E-state index contributed by atoms with van der Waals surface area (Å²) in [5.41, 5.74) is 29.6. The predicted molar refractivity (Wildman–Crippen MR) is 311 cm³/mol. The highest BCUT2D eigenvalue weighted by Gasteiger charge is 2.24. The number of para-hydroxylation sites is 4. The van der Waals surface area contributed by atoms with Gasteiger partial charge < -0.3 is 36.3 Å². The Bertz CT molecular complexity index is 3350. The number of nitrogens with two attached hydrogens (primary N) is 2. The number of benzene rings is 6. The normalized spacial score (nSPS) is 14.3. The van der Waals surface area contributed by atoms with Crippen molar-refractivity contribution in [2.75, 3.05) is 80.7 Å². The van der Waals surface area contributed by atoms with Gasteiger partial charge in [0.15, 0.2) is 12.6 Å². The first-order valence-electron chi connectivity index (χ1n) is 26.0. The molecular formula is C61H72N12O3. The molecule has 3 aromatic heterocycles. The molecule has 0 amide bonds. The second kappa shape index (κ2) is 24.1. The van der Waals surface area contributed by atoms with Crippen LogP contribution in [-0.2, 0) is 33.5 Å². The van der Waals surface area contributed by atoms with E-state index in [0.29, 0.717) is 11.4 Å². The Morgan fingerprint density at radius 1 is 0.513 bits per heavy atom. The monoisotopic (exact) mass is 1020 g/mol. The van der Waals surface area contributed by atoms with Crippen molar-refractivity contribution in [1.82, 2.24) is 39.7 Å². The number of aromatic amines is 2. The number of aliphatic hydroxyl groups is 1. The molecule has 0 radical (unpaired) electrons. The van der Waals surface area contributed by atoms with Gasteiger partial charge in [-0.2, -0.15) is 0 Å². The van der Waals surface area contributed by atoms with E-state index in [4.69, 9.17) is 36.1 Å². The fourth-order valence-electron chi connectivity index (χ4n) is 9.80. The number of carbonyl (C=O) groups excluding carboxylic acids is 2. The second-order valence-corrected chi connectivity index (χ2v) is 21.2. The average Bonchev–Trinajstić information content (AvgIpc) is 4.10. The lowest BCUT2D eigenvalue weighted by atomic mass is 9.87. The first-order chi connectivity index (χ1) is 36.7. The molecule has 15 heteroatoms. The zero-order valence-electron chi connectivity index (χ0n) is 44.9. The Kier molecular flexibility index (Phi) is 17.2. The van der Waals surface area contributed by atoms with Crippen LogP contribution in [0.4, 0.5) is 22.7 Å². The van der Waals surface area contributed by atoms with Gasteiger partial charge in [0.05, 0.1) is 44.8 Å². The van der Waals surface area contributed by atoms with Crippen molar-refractivity contribution in [1.29, 1.82) is 0 Å². The number of aliphatic hydroxyl groups excluding tert-OH is 1. The van der Waals surface area contributed by atoms with Gasteiger partial charge in [-0.3, -0.25) is 29.4 Å². The quantitative estimate of drug-likeness (QED) is 0.0520. The highest BCUT2D eigenvalue weighted by molar-refractivity contribution is 6.09. The van der Waals surface area contributed by atoms with Crippen LogP contribution in [0.3, 0.4) is 0 Å². The molecule has 9 aromatic rings. The van der Waals surface area contributed by atoms with E-state index in [-0.39, 0.29) is 23.4 Å². The van der Waals surface area contributed by atoms with Crippen molar-refractivity contribution < 1.29 is 14.7 Å². The smallest absolute Gasteiger partial charge is 0.182 e. The summed E-state index contributed by atoms with van der Waals surface area (Å²) in [4.78, 5) is 53.6. The number of nitrogens with one attached hydrogen (secondary N) is 2. The molecule has 15 nitrogen and oxygen atoms in total. The zero-order valence-corrected chi connectivity index (χ0v) is 44.9. The second-order valence-electron chi connectivity index (χ2n) is 21.2. The minimum absolute atomic E-state index is 0.139. The van der Waals surface area contributed by atoms with E-state index in [2.05, 4.69) is 184 Å². The molecule has 7 N–H and O–H groups in total. The average molecular weight is 1020 g/mol. The number of rotatable bonds is 9. The van der Waals surface area contributed by atoms with Gasteiger partial charge in [-0.05, 0) is 69.5 Å². The molecule has 2 fully saturated rings. The van der Waals surface area contributed by atoms with Crippen LogP contribution in [-0.4, -0.2) is 117 Å². The first-order valence-corrected chi connectivity index (χ1v) is 26.0. The molecule has 76 heavy (non-hydrogen) atoms.